The van der Waals surface area contributed by atoms with Crippen LogP contribution in [-0.2, 0) is 0 Å². The van der Waals surface area contributed by atoms with Gasteiger partial charge in [0, 0.05) is 25.2 Å². The summed E-state index contributed by atoms with van der Waals surface area (Å²) in [6, 6.07) is 7.30. The van der Waals surface area contributed by atoms with E-state index in [0.29, 0.717) is 19.4 Å². The first-order valence-corrected chi connectivity index (χ1v) is 11.0. The van der Waals surface area contributed by atoms with Gasteiger partial charge in [-0.2, -0.15) is 0 Å². The number of hydrogen-bond donors (Lipinski definition) is 3. The van der Waals surface area contributed by atoms with E-state index in [1.165, 1.54) is 4.90 Å². The molecule has 1 saturated heterocycles. The van der Waals surface area contributed by atoms with Gasteiger partial charge in [-0.05, 0) is 18.4 Å². The highest BCUT2D eigenvalue weighted by Gasteiger charge is 2.42. The molecule has 1 unspecified atom stereocenters. The van der Waals surface area contributed by atoms with Crippen molar-refractivity contribution in [3.63, 3.8) is 0 Å². The summed E-state index contributed by atoms with van der Waals surface area (Å²) >= 11 is 0. The molecular formula is C24H23F3N4O3. The number of rotatable bonds is 5. The van der Waals surface area contributed by atoms with Crippen molar-refractivity contribution in [2.24, 2.45) is 5.73 Å². The van der Waals surface area contributed by atoms with Gasteiger partial charge in [0.15, 0.2) is 11.6 Å². The topological polar surface area (TPSA) is 115 Å². The standard InChI is InChI=1S/C24H23F3N4O3/c25-13-9-15(13)31-10-12(24(33)34)23(32)16-20(29)17(26)22(18(27)21(16)31)30-8-4-7-14(30)19(28)11-5-2-1-3-6-11/h1-3,5-6,10,13-15,19H,4,7-9,28-29H2,(H,33,34)/t13-,14+,15+,19?/m0/s1. The van der Waals surface area contributed by atoms with Crippen LogP contribution in [0.1, 0.15) is 47.3 Å². The Hall–Kier alpha value is -3.53. The number of fused-ring (bicyclic) bond motifs is 1. The summed E-state index contributed by atoms with van der Waals surface area (Å²) in [6.07, 6.45) is 0.800. The first-order valence-electron chi connectivity index (χ1n) is 11.0. The number of aromatic carboxylic acids is 1. The predicted molar refractivity (Wildman–Crippen MR) is 122 cm³/mol. The number of nitrogens with zero attached hydrogens (tertiary/aromatic N) is 2. The SMILES string of the molecule is Nc1c(F)c(N2CCC[C@@H]2C(N)c2ccccc2)c(F)c2c1c(=O)c(C(=O)O)cn2[C@@H]1C[C@@H]1F. The summed E-state index contributed by atoms with van der Waals surface area (Å²) in [5.74, 6) is -3.83. The van der Waals surface area contributed by atoms with Crippen LogP contribution in [0.3, 0.4) is 0 Å². The van der Waals surface area contributed by atoms with E-state index in [1.807, 2.05) is 30.3 Å². The lowest BCUT2D eigenvalue weighted by Gasteiger charge is -2.33. The minimum absolute atomic E-state index is 0.0221. The Morgan fingerprint density at radius 3 is 2.47 bits per heavy atom. The van der Waals surface area contributed by atoms with Crippen LogP contribution >= 0.6 is 0 Å². The smallest absolute Gasteiger partial charge is 0.341 e. The lowest BCUT2D eigenvalue weighted by atomic mass is 9.97. The number of halogens is 3. The van der Waals surface area contributed by atoms with Crippen molar-refractivity contribution in [1.29, 1.82) is 0 Å². The van der Waals surface area contributed by atoms with Crippen molar-refractivity contribution in [3.05, 3.63) is 69.5 Å². The highest BCUT2D eigenvalue weighted by Crippen LogP contribution is 2.45. The average molecular weight is 472 g/mol. The second-order valence-electron chi connectivity index (χ2n) is 8.86. The molecule has 10 heteroatoms. The Morgan fingerprint density at radius 1 is 1.18 bits per heavy atom. The molecule has 0 bridgehead atoms. The molecule has 1 aromatic heterocycles. The van der Waals surface area contributed by atoms with Gasteiger partial charge in [-0.25, -0.2) is 18.0 Å². The first-order chi connectivity index (χ1) is 16.2. The van der Waals surface area contributed by atoms with Crippen LogP contribution < -0.4 is 21.8 Å². The van der Waals surface area contributed by atoms with Crippen molar-refractivity contribution in [3.8, 4) is 0 Å². The van der Waals surface area contributed by atoms with Gasteiger partial charge in [0.2, 0.25) is 5.43 Å². The minimum Gasteiger partial charge on any atom is -0.477 e. The van der Waals surface area contributed by atoms with E-state index < -0.39 is 75.2 Å². The second-order valence-corrected chi connectivity index (χ2v) is 8.86. The van der Waals surface area contributed by atoms with E-state index in [9.17, 15) is 19.1 Å². The minimum atomic E-state index is -1.59. The van der Waals surface area contributed by atoms with E-state index in [4.69, 9.17) is 11.5 Å². The lowest BCUT2D eigenvalue weighted by Crippen LogP contribution is -2.39. The maximum absolute atomic E-state index is 16.1. The molecule has 5 N–H and O–H groups in total. The van der Waals surface area contributed by atoms with Crippen LogP contribution in [0, 0.1) is 11.6 Å². The second kappa shape index (κ2) is 8.05. The molecular weight excluding hydrogens is 449 g/mol. The van der Waals surface area contributed by atoms with Gasteiger partial charge in [-0.15, -0.1) is 0 Å². The molecule has 2 aliphatic rings. The predicted octanol–water partition coefficient (Wildman–Crippen LogP) is 3.51. The summed E-state index contributed by atoms with van der Waals surface area (Å²) in [7, 11) is 0. The fourth-order valence-electron chi connectivity index (χ4n) is 5.00. The fourth-order valence-corrected chi connectivity index (χ4v) is 5.00. The normalized spacial score (nSPS) is 22.8. The van der Waals surface area contributed by atoms with E-state index >= 15 is 8.78 Å². The molecule has 1 saturated carbocycles. The molecule has 1 aliphatic carbocycles. The van der Waals surface area contributed by atoms with E-state index in [-0.39, 0.29) is 6.42 Å². The first kappa shape index (κ1) is 22.3. The third-order valence-electron chi connectivity index (χ3n) is 6.82. The Morgan fingerprint density at radius 2 is 1.85 bits per heavy atom. The Balaban J connectivity index is 1.74. The Labute approximate surface area is 192 Å². The highest BCUT2D eigenvalue weighted by molar-refractivity contribution is 6.00. The molecule has 4 atom stereocenters. The third-order valence-corrected chi connectivity index (χ3v) is 6.82. The molecule has 2 heterocycles. The van der Waals surface area contributed by atoms with Gasteiger partial charge in [-0.3, -0.25) is 4.79 Å². The van der Waals surface area contributed by atoms with Crippen LogP contribution in [0.5, 0.6) is 0 Å². The van der Waals surface area contributed by atoms with Gasteiger partial charge in [0.05, 0.1) is 28.7 Å². The molecule has 2 aromatic carbocycles. The maximum Gasteiger partial charge on any atom is 0.341 e. The zero-order valence-electron chi connectivity index (χ0n) is 18.0. The number of nitrogens with two attached hydrogens (primary N) is 2. The monoisotopic (exact) mass is 472 g/mol. The van der Waals surface area contributed by atoms with Crippen LogP contribution in [-0.4, -0.2) is 34.4 Å². The van der Waals surface area contributed by atoms with E-state index in [1.54, 1.807) is 0 Å². The molecule has 34 heavy (non-hydrogen) atoms. The molecule has 0 spiro atoms. The molecule has 178 valence electrons. The van der Waals surface area contributed by atoms with Crippen molar-refractivity contribution in [2.75, 3.05) is 17.2 Å². The Bertz CT molecular complexity index is 1360. The van der Waals surface area contributed by atoms with Crippen molar-refractivity contribution >= 4 is 28.2 Å². The number of carboxylic acids is 1. The third kappa shape index (κ3) is 3.32. The summed E-state index contributed by atoms with van der Waals surface area (Å²) in [5.41, 5.74) is 9.92. The van der Waals surface area contributed by atoms with Crippen LogP contribution in [0.15, 0.2) is 41.3 Å². The van der Waals surface area contributed by atoms with E-state index in [2.05, 4.69) is 0 Å². The van der Waals surface area contributed by atoms with Crippen molar-refractivity contribution in [1.82, 2.24) is 4.57 Å². The van der Waals surface area contributed by atoms with Gasteiger partial charge in [0.25, 0.3) is 0 Å². The molecule has 1 aliphatic heterocycles. The molecule has 2 fully saturated rings. The summed E-state index contributed by atoms with van der Waals surface area (Å²) in [4.78, 5) is 25.9. The quantitative estimate of drug-likeness (QED) is 0.490. The summed E-state index contributed by atoms with van der Waals surface area (Å²) in [5, 5.41) is 8.82. The number of aromatic nitrogens is 1. The molecule has 5 rings (SSSR count). The summed E-state index contributed by atoms with van der Waals surface area (Å²) < 4.78 is 46.7. The van der Waals surface area contributed by atoms with Crippen LogP contribution in [0.4, 0.5) is 24.5 Å². The Kier molecular flexibility index (Phi) is 5.27. The summed E-state index contributed by atoms with van der Waals surface area (Å²) in [6.45, 7) is 0.302. The number of carbonyl (C=O) groups is 1. The highest BCUT2D eigenvalue weighted by atomic mass is 19.1. The maximum atomic E-state index is 16.1. The van der Waals surface area contributed by atoms with Crippen molar-refractivity contribution in [2.45, 2.75) is 43.6 Å². The largest absolute Gasteiger partial charge is 0.477 e. The zero-order chi connectivity index (χ0) is 24.3. The molecule has 0 amide bonds. The number of anilines is 2. The number of alkyl halides is 1. The van der Waals surface area contributed by atoms with Gasteiger partial charge in [0.1, 0.15) is 17.4 Å². The van der Waals surface area contributed by atoms with E-state index in [0.717, 1.165) is 16.3 Å². The molecule has 3 aromatic rings. The number of carboxylic acid groups (broad SMARTS) is 1. The number of benzene rings is 2. The number of pyridine rings is 1. The van der Waals surface area contributed by atoms with Gasteiger partial charge >= 0.3 is 5.97 Å². The average Bonchev–Trinajstić information content (AvgIpc) is 3.35. The van der Waals surface area contributed by atoms with Gasteiger partial charge in [-0.1, -0.05) is 30.3 Å². The van der Waals surface area contributed by atoms with Crippen LogP contribution in [0.2, 0.25) is 0 Å². The zero-order valence-corrected chi connectivity index (χ0v) is 18.0. The van der Waals surface area contributed by atoms with Crippen molar-refractivity contribution < 1.29 is 23.1 Å². The molecule has 7 nitrogen and oxygen atoms in total. The number of nitrogen functional groups attached to an aromatic ring is 1. The van der Waals surface area contributed by atoms with Crippen LogP contribution in [0.25, 0.3) is 10.9 Å². The molecule has 0 radical (unpaired) electrons. The van der Waals surface area contributed by atoms with Gasteiger partial charge < -0.3 is 26.0 Å². The lowest BCUT2D eigenvalue weighted by molar-refractivity contribution is 0.0694. The number of hydrogen-bond acceptors (Lipinski definition) is 5. The fraction of sp³-hybridized carbons (Fsp3) is 0.333.